The molecule has 98 valence electrons. The van der Waals surface area contributed by atoms with E-state index in [1.54, 1.807) is 12.4 Å². The zero-order valence-corrected chi connectivity index (χ0v) is 11.2. The van der Waals surface area contributed by atoms with Crippen LogP contribution in [0.2, 0.25) is 0 Å². The van der Waals surface area contributed by atoms with Crippen molar-refractivity contribution in [1.29, 1.82) is 0 Å². The lowest BCUT2D eigenvalue weighted by Gasteiger charge is -2.31. The van der Waals surface area contributed by atoms with Gasteiger partial charge in [-0.2, -0.15) is 0 Å². The summed E-state index contributed by atoms with van der Waals surface area (Å²) in [6, 6.07) is 0.574. The van der Waals surface area contributed by atoms with E-state index in [0.29, 0.717) is 6.04 Å². The van der Waals surface area contributed by atoms with E-state index in [4.69, 9.17) is 0 Å². The molecule has 0 radical (unpaired) electrons. The first kappa shape index (κ1) is 13.3. The van der Waals surface area contributed by atoms with E-state index >= 15 is 0 Å². The number of fused-ring (bicyclic) bond motifs is 1. The fourth-order valence-electron chi connectivity index (χ4n) is 2.40. The van der Waals surface area contributed by atoms with Gasteiger partial charge in [-0.15, -0.1) is 12.4 Å². The van der Waals surface area contributed by atoms with Gasteiger partial charge in [0.2, 0.25) is 0 Å². The molecule has 1 atom stereocenters. The highest BCUT2D eigenvalue weighted by atomic mass is 35.5. The summed E-state index contributed by atoms with van der Waals surface area (Å²) >= 11 is 0. The minimum atomic E-state index is 0. The first-order valence-corrected chi connectivity index (χ1v) is 6.04. The number of nitrogens with zero attached hydrogens (tertiary/aromatic N) is 4. The Morgan fingerprint density at radius 2 is 2.33 bits per heavy atom. The number of rotatable bonds is 2. The zero-order valence-electron chi connectivity index (χ0n) is 10.4. The lowest BCUT2D eigenvalue weighted by atomic mass is 10.2. The Labute approximate surface area is 113 Å². The quantitative estimate of drug-likeness (QED) is 0.880. The molecule has 3 rings (SSSR count). The lowest BCUT2D eigenvalue weighted by Crippen LogP contribution is -2.48. The number of hydrogen-bond acceptors (Lipinski definition) is 4. The molecular weight excluding hydrogens is 250 g/mol. The van der Waals surface area contributed by atoms with Crippen molar-refractivity contribution in [2.45, 2.75) is 19.5 Å². The maximum absolute atomic E-state index is 4.36. The molecule has 0 bridgehead atoms. The molecule has 0 saturated carbocycles. The van der Waals surface area contributed by atoms with Gasteiger partial charge in [0.15, 0.2) is 5.65 Å². The highest BCUT2D eigenvalue weighted by molar-refractivity contribution is 5.85. The SMILES string of the molecule is CC1CN(Cc2cnc3cnccn23)CCN1.Cl. The summed E-state index contributed by atoms with van der Waals surface area (Å²) in [6.07, 6.45) is 7.52. The van der Waals surface area contributed by atoms with Crippen LogP contribution in [-0.4, -0.2) is 44.9 Å². The second-order valence-corrected chi connectivity index (χ2v) is 4.64. The van der Waals surface area contributed by atoms with Crippen molar-refractivity contribution in [3.05, 3.63) is 30.5 Å². The lowest BCUT2D eigenvalue weighted by molar-refractivity contribution is 0.197. The molecule has 6 heteroatoms. The Morgan fingerprint density at radius 1 is 1.44 bits per heavy atom. The van der Waals surface area contributed by atoms with Gasteiger partial charge < -0.3 is 5.32 Å². The van der Waals surface area contributed by atoms with Gasteiger partial charge >= 0.3 is 0 Å². The van der Waals surface area contributed by atoms with Crippen molar-refractivity contribution >= 4 is 18.1 Å². The summed E-state index contributed by atoms with van der Waals surface area (Å²) < 4.78 is 2.11. The molecule has 1 fully saturated rings. The molecule has 0 aliphatic carbocycles. The van der Waals surface area contributed by atoms with Gasteiger partial charge in [-0.1, -0.05) is 0 Å². The molecule has 0 aromatic carbocycles. The highest BCUT2D eigenvalue weighted by Crippen LogP contribution is 2.09. The highest BCUT2D eigenvalue weighted by Gasteiger charge is 2.16. The maximum Gasteiger partial charge on any atom is 0.155 e. The molecule has 18 heavy (non-hydrogen) atoms. The number of imidazole rings is 1. The van der Waals surface area contributed by atoms with Gasteiger partial charge in [0, 0.05) is 44.6 Å². The topological polar surface area (TPSA) is 45.5 Å². The third-order valence-electron chi connectivity index (χ3n) is 3.23. The molecule has 1 saturated heterocycles. The van der Waals surface area contributed by atoms with Crippen LogP contribution in [0.3, 0.4) is 0 Å². The third-order valence-corrected chi connectivity index (χ3v) is 3.23. The van der Waals surface area contributed by atoms with Crippen molar-refractivity contribution in [2.75, 3.05) is 19.6 Å². The Balaban J connectivity index is 0.00000120. The Hall–Kier alpha value is -1.17. The molecule has 2 aromatic heterocycles. The summed E-state index contributed by atoms with van der Waals surface area (Å²) in [4.78, 5) is 10.9. The van der Waals surface area contributed by atoms with Crippen LogP contribution in [0.5, 0.6) is 0 Å². The van der Waals surface area contributed by atoms with Crippen molar-refractivity contribution in [1.82, 2.24) is 24.6 Å². The monoisotopic (exact) mass is 267 g/mol. The average Bonchev–Trinajstić information content (AvgIpc) is 2.73. The molecule has 0 amide bonds. The normalized spacial score (nSPS) is 20.8. The number of aromatic nitrogens is 3. The smallest absolute Gasteiger partial charge is 0.155 e. The van der Waals surface area contributed by atoms with Crippen molar-refractivity contribution in [3.63, 3.8) is 0 Å². The predicted octanol–water partition coefficient (Wildman–Crippen LogP) is 0.945. The van der Waals surface area contributed by atoms with E-state index in [9.17, 15) is 0 Å². The van der Waals surface area contributed by atoms with Crippen LogP contribution in [0, 0.1) is 0 Å². The zero-order chi connectivity index (χ0) is 11.7. The van der Waals surface area contributed by atoms with Crippen LogP contribution in [-0.2, 0) is 6.54 Å². The molecule has 0 spiro atoms. The Bertz CT molecular complexity index is 512. The number of piperazine rings is 1. The predicted molar refractivity (Wildman–Crippen MR) is 73.0 cm³/mol. The molecule has 5 nitrogen and oxygen atoms in total. The Morgan fingerprint density at radius 3 is 3.17 bits per heavy atom. The fourth-order valence-corrected chi connectivity index (χ4v) is 2.40. The van der Waals surface area contributed by atoms with E-state index in [0.717, 1.165) is 31.8 Å². The maximum atomic E-state index is 4.36. The Kier molecular flexibility index (Phi) is 4.16. The molecule has 2 aromatic rings. The van der Waals surface area contributed by atoms with Crippen LogP contribution in [0.4, 0.5) is 0 Å². The summed E-state index contributed by atoms with van der Waals surface area (Å²) in [6.45, 7) is 6.45. The van der Waals surface area contributed by atoms with Gasteiger partial charge in [-0.3, -0.25) is 14.3 Å². The average molecular weight is 268 g/mol. The molecule has 1 N–H and O–H groups in total. The molecule has 3 heterocycles. The fraction of sp³-hybridized carbons (Fsp3) is 0.500. The minimum Gasteiger partial charge on any atom is -0.312 e. The minimum absolute atomic E-state index is 0. The van der Waals surface area contributed by atoms with Crippen molar-refractivity contribution in [2.24, 2.45) is 0 Å². The standard InChI is InChI=1S/C12H17N5.ClH/c1-10-8-16(4-3-14-10)9-11-6-15-12-7-13-2-5-17(11)12;/h2,5-7,10,14H,3-4,8-9H2,1H3;1H. The second-order valence-electron chi connectivity index (χ2n) is 4.64. The summed E-state index contributed by atoms with van der Waals surface area (Å²) in [7, 11) is 0. The first-order valence-electron chi connectivity index (χ1n) is 6.04. The molecular formula is C12H18ClN5. The number of halogens is 1. The van der Waals surface area contributed by atoms with Crippen LogP contribution in [0.1, 0.15) is 12.6 Å². The largest absolute Gasteiger partial charge is 0.312 e. The summed E-state index contributed by atoms with van der Waals surface area (Å²) in [5, 5.41) is 3.45. The summed E-state index contributed by atoms with van der Waals surface area (Å²) in [5.41, 5.74) is 2.15. The van der Waals surface area contributed by atoms with Crippen LogP contribution >= 0.6 is 12.4 Å². The molecule has 1 aliphatic heterocycles. The number of nitrogens with one attached hydrogen (secondary N) is 1. The van der Waals surface area contributed by atoms with Crippen LogP contribution in [0.25, 0.3) is 5.65 Å². The van der Waals surface area contributed by atoms with Crippen molar-refractivity contribution in [3.8, 4) is 0 Å². The second kappa shape index (κ2) is 5.65. The van der Waals surface area contributed by atoms with E-state index in [2.05, 4.69) is 31.5 Å². The van der Waals surface area contributed by atoms with E-state index < -0.39 is 0 Å². The molecule has 1 unspecified atom stereocenters. The molecule has 1 aliphatic rings. The van der Waals surface area contributed by atoms with Gasteiger partial charge in [0.05, 0.1) is 18.1 Å². The van der Waals surface area contributed by atoms with E-state index in [1.165, 1.54) is 5.69 Å². The van der Waals surface area contributed by atoms with E-state index in [1.807, 2.05) is 12.4 Å². The number of hydrogen-bond donors (Lipinski definition) is 1. The van der Waals surface area contributed by atoms with Gasteiger partial charge in [0.1, 0.15) is 0 Å². The van der Waals surface area contributed by atoms with Gasteiger partial charge in [0.25, 0.3) is 0 Å². The van der Waals surface area contributed by atoms with Gasteiger partial charge in [-0.25, -0.2) is 4.98 Å². The van der Waals surface area contributed by atoms with E-state index in [-0.39, 0.29) is 12.4 Å². The summed E-state index contributed by atoms with van der Waals surface area (Å²) in [5.74, 6) is 0. The van der Waals surface area contributed by atoms with Crippen molar-refractivity contribution < 1.29 is 0 Å². The van der Waals surface area contributed by atoms with Crippen LogP contribution in [0.15, 0.2) is 24.8 Å². The third kappa shape index (κ3) is 2.63. The van der Waals surface area contributed by atoms with Gasteiger partial charge in [-0.05, 0) is 6.92 Å². The first-order chi connectivity index (χ1) is 8.33. The van der Waals surface area contributed by atoms with Crippen LogP contribution < -0.4 is 5.32 Å².